The van der Waals surface area contributed by atoms with Gasteiger partial charge in [-0.3, -0.25) is 0 Å². The highest BCUT2D eigenvalue weighted by molar-refractivity contribution is 7.08. The maximum atomic E-state index is 11.6. The fourth-order valence-electron chi connectivity index (χ4n) is 1.16. The van der Waals surface area contributed by atoms with Crippen molar-refractivity contribution in [2.24, 2.45) is 0 Å². The van der Waals surface area contributed by atoms with E-state index in [1.807, 2.05) is 0 Å². The number of carbonyl (C=O) groups is 2. The normalized spacial score (nSPS) is 10.9. The molecule has 7 heteroatoms. The quantitative estimate of drug-likeness (QED) is 0.605. The molecule has 0 unspecified atom stereocenters. The Labute approximate surface area is 108 Å². The van der Waals surface area contributed by atoms with Gasteiger partial charge in [0.05, 0.1) is 25.5 Å². The summed E-state index contributed by atoms with van der Waals surface area (Å²) >= 11 is 1.36. The van der Waals surface area contributed by atoms with E-state index in [0.29, 0.717) is 11.4 Å². The van der Waals surface area contributed by atoms with E-state index in [2.05, 4.69) is 5.32 Å². The van der Waals surface area contributed by atoms with Gasteiger partial charge in [0.15, 0.2) is 5.75 Å². The van der Waals surface area contributed by atoms with Gasteiger partial charge >= 0.3 is 11.9 Å². The third-order valence-corrected chi connectivity index (χ3v) is 2.60. The van der Waals surface area contributed by atoms with Crippen LogP contribution in [0.1, 0.15) is 6.92 Å². The van der Waals surface area contributed by atoms with Gasteiger partial charge in [-0.15, -0.1) is 11.3 Å². The number of aliphatic carboxylic acids is 1. The molecule has 0 aliphatic carbocycles. The van der Waals surface area contributed by atoms with Gasteiger partial charge in [0.2, 0.25) is 0 Å². The molecule has 0 atom stereocenters. The van der Waals surface area contributed by atoms with Crippen molar-refractivity contribution in [3.63, 3.8) is 0 Å². The Morgan fingerprint density at radius 1 is 1.50 bits per heavy atom. The number of thiophene rings is 1. The zero-order chi connectivity index (χ0) is 13.5. The molecule has 2 N–H and O–H groups in total. The Morgan fingerprint density at radius 3 is 2.78 bits per heavy atom. The fraction of sp³-hybridized carbons (Fsp3) is 0.273. The molecule has 18 heavy (non-hydrogen) atoms. The second kappa shape index (κ2) is 6.65. The van der Waals surface area contributed by atoms with E-state index in [1.54, 1.807) is 17.7 Å². The molecule has 1 aromatic heterocycles. The third kappa shape index (κ3) is 3.77. The molecule has 0 radical (unpaired) electrons. The summed E-state index contributed by atoms with van der Waals surface area (Å²) in [5.74, 6) is -1.44. The first-order chi connectivity index (χ1) is 8.58. The first kappa shape index (κ1) is 14.0. The number of hydrogen-bond acceptors (Lipinski definition) is 6. The van der Waals surface area contributed by atoms with E-state index in [0.717, 1.165) is 6.08 Å². The van der Waals surface area contributed by atoms with Crippen LogP contribution in [-0.4, -0.2) is 30.8 Å². The summed E-state index contributed by atoms with van der Waals surface area (Å²) < 4.78 is 9.81. The van der Waals surface area contributed by atoms with Gasteiger partial charge in [0.1, 0.15) is 5.70 Å². The first-order valence-corrected chi connectivity index (χ1v) is 6.01. The monoisotopic (exact) mass is 271 g/mol. The van der Waals surface area contributed by atoms with Crippen molar-refractivity contribution in [2.45, 2.75) is 6.92 Å². The van der Waals surface area contributed by atoms with Crippen LogP contribution in [0.5, 0.6) is 5.75 Å². The van der Waals surface area contributed by atoms with Crippen LogP contribution in [-0.2, 0) is 14.3 Å². The predicted molar refractivity (Wildman–Crippen MR) is 66.8 cm³/mol. The molecular weight excluding hydrogens is 258 g/mol. The maximum Gasteiger partial charge on any atom is 0.355 e. The molecule has 0 aromatic carbocycles. The molecule has 0 saturated carbocycles. The molecule has 0 fully saturated rings. The Morgan fingerprint density at radius 2 is 2.22 bits per heavy atom. The number of nitrogens with one attached hydrogen (secondary N) is 1. The highest BCUT2D eigenvalue weighted by Crippen LogP contribution is 2.29. The third-order valence-electron chi connectivity index (χ3n) is 1.88. The lowest BCUT2D eigenvalue weighted by Crippen LogP contribution is -2.16. The molecular formula is C11H13NO5S. The molecule has 0 spiro atoms. The summed E-state index contributed by atoms with van der Waals surface area (Å²) in [6, 6.07) is 0. The molecule has 0 bridgehead atoms. The van der Waals surface area contributed by atoms with E-state index in [-0.39, 0.29) is 12.3 Å². The van der Waals surface area contributed by atoms with E-state index < -0.39 is 11.9 Å². The Bertz CT molecular complexity index is 466. The van der Waals surface area contributed by atoms with Crippen molar-refractivity contribution in [2.75, 3.05) is 19.0 Å². The molecule has 0 aliphatic heterocycles. The molecule has 0 aliphatic rings. The van der Waals surface area contributed by atoms with Gasteiger partial charge < -0.3 is 19.9 Å². The summed E-state index contributed by atoms with van der Waals surface area (Å²) in [4.78, 5) is 22.2. The smallest absolute Gasteiger partial charge is 0.355 e. The van der Waals surface area contributed by atoms with Crippen molar-refractivity contribution in [3.05, 3.63) is 22.5 Å². The van der Waals surface area contributed by atoms with Crippen LogP contribution in [0.2, 0.25) is 0 Å². The molecule has 6 nitrogen and oxygen atoms in total. The number of ether oxygens (including phenoxy) is 2. The number of carbonyl (C=O) groups excluding carboxylic acids is 1. The summed E-state index contributed by atoms with van der Waals surface area (Å²) in [5, 5.41) is 14.8. The highest BCUT2D eigenvalue weighted by Gasteiger charge is 2.15. The first-order valence-electron chi connectivity index (χ1n) is 5.07. The number of carboxylic acid groups (broad SMARTS) is 1. The van der Waals surface area contributed by atoms with Crippen LogP contribution in [0.3, 0.4) is 0 Å². The number of carboxylic acids is 1. The van der Waals surface area contributed by atoms with Gasteiger partial charge in [-0.1, -0.05) is 0 Å². The second-order valence-corrected chi connectivity index (χ2v) is 3.84. The fourth-order valence-corrected chi connectivity index (χ4v) is 1.88. The summed E-state index contributed by atoms with van der Waals surface area (Å²) in [6.45, 7) is 1.81. The standard InChI is InChI=1S/C11H13NO5S/c1-3-17-11(15)7(4-10(13)14)12-8-5-18-6-9(8)16-2/h4-6,12H,3H2,1-2H3,(H,13,14). The van der Waals surface area contributed by atoms with Gasteiger partial charge in [0, 0.05) is 10.8 Å². The Kier molecular flexibility index (Phi) is 5.19. The molecule has 98 valence electrons. The zero-order valence-electron chi connectivity index (χ0n) is 9.93. The number of hydrogen-bond donors (Lipinski definition) is 2. The average Bonchev–Trinajstić information content (AvgIpc) is 2.75. The molecule has 1 rings (SSSR count). The van der Waals surface area contributed by atoms with Gasteiger partial charge in [-0.25, -0.2) is 9.59 Å². The lowest BCUT2D eigenvalue weighted by atomic mass is 10.3. The molecule has 0 saturated heterocycles. The number of anilines is 1. The van der Waals surface area contributed by atoms with Crippen molar-refractivity contribution in [3.8, 4) is 5.75 Å². The van der Waals surface area contributed by atoms with Crippen LogP contribution in [0, 0.1) is 0 Å². The van der Waals surface area contributed by atoms with Crippen molar-refractivity contribution in [1.82, 2.24) is 0 Å². The topological polar surface area (TPSA) is 84.9 Å². The number of methoxy groups -OCH3 is 1. The zero-order valence-corrected chi connectivity index (χ0v) is 10.7. The number of esters is 1. The minimum absolute atomic E-state index is 0.152. The van der Waals surface area contributed by atoms with Crippen molar-refractivity contribution < 1.29 is 24.2 Å². The van der Waals surface area contributed by atoms with Gasteiger partial charge in [0.25, 0.3) is 0 Å². The largest absolute Gasteiger partial charge is 0.494 e. The predicted octanol–water partition coefficient (Wildman–Crippen LogP) is 1.70. The SMILES string of the molecule is CCOC(=O)C(=CC(=O)O)Nc1cscc1OC. The minimum Gasteiger partial charge on any atom is -0.494 e. The van der Waals surface area contributed by atoms with E-state index in [9.17, 15) is 9.59 Å². The van der Waals surface area contributed by atoms with Crippen LogP contribution in [0.15, 0.2) is 22.5 Å². The Balaban J connectivity index is 2.92. The van der Waals surface area contributed by atoms with Gasteiger partial charge in [-0.2, -0.15) is 0 Å². The molecule has 0 amide bonds. The van der Waals surface area contributed by atoms with Gasteiger partial charge in [-0.05, 0) is 6.92 Å². The second-order valence-electron chi connectivity index (χ2n) is 3.10. The maximum absolute atomic E-state index is 11.6. The summed E-state index contributed by atoms with van der Waals surface area (Å²) in [6.07, 6.45) is 0.759. The molecule has 1 heterocycles. The van der Waals surface area contributed by atoms with Crippen LogP contribution in [0.25, 0.3) is 0 Å². The van der Waals surface area contributed by atoms with Crippen molar-refractivity contribution in [1.29, 1.82) is 0 Å². The van der Waals surface area contributed by atoms with Crippen LogP contribution >= 0.6 is 11.3 Å². The lowest BCUT2D eigenvalue weighted by molar-refractivity contribution is -0.139. The average molecular weight is 271 g/mol. The summed E-state index contributed by atoms with van der Waals surface area (Å²) in [5.41, 5.74) is 0.365. The lowest BCUT2D eigenvalue weighted by Gasteiger charge is -2.09. The van der Waals surface area contributed by atoms with Crippen LogP contribution in [0.4, 0.5) is 5.69 Å². The summed E-state index contributed by atoms with van der Waals surface area (Å²) in [7, 11) is 1.48. The van der Waals surface area contributed by atoms with E-state index in [1.165, 1.54) is 18.4 Å². The highest BCUT2D eigenvalue weighted by atomic mass is 32.1. The minimum atomic E-state index is -1.24. The van der Waals surface area contributed by atoms with E-state index >= 15 is 0 Å². The van der Waals surface area contributed by atoms with Crippen LogP contribution < -0.4 is 10.1 Å². The van der Waals surface area contributed by atoms with Crippen molar-refractivity contribution >= 4 is 29.0 Å². The van der Waals surface area contributed by atoms with E-state index in [4.69, 9.17) is 14.6 Å². The molecule has 1 aromatic rings. The number of rotatable bonds is 6. The Hall–Kier alpha value is -2.02.